The number of ether oxygens (including phenoxy) is 1. The number of methoxy groups -OCH3 is 1. The molecule has 1 heterocycles. The maximum absolute atomic E-state index is 13.9. The van der Waals surface area contributed by atoms with Crippen molar-refractivity contribution in [3.63, 3.8) is 0 Å². The Kier molecular flexibility index (Phi) is 7.22. The van der Waals surface area contributed by atoms with Crippen LogP contribution in [0, 0.1) is 17.5 Å². The van der Waals surface area contributed by atoms with E-state index in [0.717, 1.165) is 49.1 Å². The van der Waals surface area contributed by atoms with E-state index in [-0.39, 0.29) is 11.8 Å². The molecule has 1 aromatic heterocycles. The third-order valence-corrected chi connectivity index (χ3v) is 6.54. The van der Waals surface area contributed by atoms with Gasteiger partial charge in [-0.25, -0.2) is 13.2 Å². The monoisotopic (exact) mass is 476 g/mol. The molecule has 0 saturated heterocycles. The van der Waals surface area contributed by atoms with Crippen LogP contribution in [-0.4, -0.2) is 33.5 Å². The molecule has 0 spiro atoms. The molecule has 4 rings (SSSR count). The largest absolute Gasteiger partial charge is 0.497 e. The van der Waals surface area contributed by atoms with E-state index in [9.17, 15) is 18.0 Å². The van der Waals surface area contributed by atoms with E-state index in [1.54, 1.807) is 7.11 Å². The lowest BCUT2D eigenvalue weighted by Crippen LogP contribution is -2.18. The van der Waals surface area contributed by atoms with Crippen LogP contribution in [0.5, 0.6) is 5.75 Å². The number of nitrogens with one attached hydrogen (secondary N) is 1. The van der Waals surface area contributed by atoms with Crippen LogP contribution in [0.1, 0.15) is 38.1 Å². The summed E-state index contributed by atoms with van der Waals surface area (Å²) in [4.78, 5) is 12.4. The van der Waals surface area contributed by atoms with Gasteiger partial charge >= 0.3 is 0 Å². The number of hydrogen-bond donors (Lipinski definition) is 1. The van der Waals surface area contributed by atoms with Crippen LogP contribution in [0.25, 0.3) is 11.4 Å². The predicted octanol–water partition coefficient (Wildman–Crippen LogP) is 5.61. The van der Waals surface area contributed by atoms with Crippen LogP contribution in [0.2, 0.25) is 0 Å². The molecule has 0 aliphatic heterocycles. The number of aromatic nitrogens is 3. The highest BCUT2D eigenvalue weighted by atomic mass is 32.2. The van der Waals surface area contributed by atoms with Crippen LogP contribution in [0.4, 0.5) is 18.9 Å². The van der Waals surface area contributed by atoms with Crippen molar-refractivity contribution in [3.05, 3.63) is 53.8 Å². The normalized spacial score (nSPS) is 14.3. The van der Waals surface area contributed by atoms with Gasteiger partial charge in [-0.1, -0.05) is 31.0 Å². The van der Waals surface area contributed by atoms with Gasteiger partial charge in [-0.2, -0.15) is 0 Å². The molecule has 1 aliphatic rings. The SMILES string of the molecule is COc1ccc(-c2nnc(SCC(=O)Nc3ccc(F)c(F)c3F)n2C2CCCCC2)cc1. The summed E-state index contributed by atoms with van der Waals surface area (Å²) < 4.78 is 47.7. The van der Waals surface area contributed by atoms with Crippen molar-refractivity contribution in [3.8, 4) is 17.1 Å². The van der Waals surface area contributed by atoms with Gasteiger partial charge in [0, 0.05) is 11.6 Å². The fraction of sp³-hybridized carbons (Fsp3) is 0.348. The molecule has 3 aromatic rings. The molecule has 0 atom stereocenters. The summed E-state index contributed by atoms with van der Waals surface area (Å²) in [7, 11) is 1.60. The maximum Gasteiger partial charge on any atom is 0.234 e. The van der Waals surface area contributed by atoms with Crippen molar-refractivity contribution >= 4 is 23.4 Å². The lowest BCUT2D eigenvalue weighted by atomic mass is 9.95. The number of amides is 1. The number of anilines is 1. The number of benzene rings is 2. The molecule has 174 valence electrons. The van der Waals surface area contributed by atoms with Crippen molar-refractivity contribution in [2.75, 3.05) is 18.2 Å². The number of carbonyl (C=O) groups excluding carboxylic acids is 1. The van der Waals surface area contributed by atoms with E-state index in [1.165, 1.54) is 18.2 Å². The van der Waals surface area contributed by atoms with E-state index in [2.05, 4.69) is 20.1 Å². The van der Waals surface area contributed by atoms with Crippen LogP contribution in [0.3, 0.4) is 0 Å². The topological polar surface area (TPSA) is 69.0 Å². The van der Waals surface area contributed by atoms with Crippen LogP contribution in [0.15, 0.2) is 41.6 Å². The second-order valence-corrected chi connectivity index (χ2v) is 8.70. The van der Waals surface area contributed by atoms with Crippen molar-refractivity contribution in [2.24, 2.45) is 0 Å². The van der Waals surface area contributed by atoms with E-state index in [4.69, 9.17) is 4.74 Å². The van der Waals surface area contributed by atoms with E-state index < -0.39 is 29.0 Å². The summed E-state index contributed by atoms with van der Waals surface area (Å²) in [6.07, 6.45) is 5.36. The number of thioether (sulfide) groups is 1. The molecule has 0 bridgehead atoms. The van der Waals surface area contributed by atoms with Gasteiger partial charge in [0.15, 0.2) is 28.4 Å². The molecule has 1 N–H and O–H groups in total. The summed E-state index contributed by atoms with van der Waals surface area (Å²) >= 11 is 1.17. The Balaban J connectivity index is 1.53. The number of hydrogen-bond acceptors (Lipinski definition) is 5. The van der Waals surface area contributed by atoms with Gasteiger partial charge in [-0.05, 0) is 49.2 Å². The number of carbonyl (C=O) groups is 1. The summed E-state index contributed by atoms with van der Waals surface area (Å²) in [5.74, 6) is -3.58. The van der Waals surface area contributed by atoms with E-state index in [0.29, 0.717) is 11.0 Å². The van der Waals surface area contributed by atoms with Gasteiger partial charge in [0.05, 0.1) is 18.6 Å². The zero-order valence-corrected chi connectivity index (χ0v) is 18.8. The first-order chi connectivity index (χ1) is 16.0. The Hall–Kier alpha value is -3.01. The Morgan fingerprint density at radius 2 is 1.79 bits per heavy atom. The highest BCUT2D eigenvalue weighted by molar-refractivity contribution is 7.99. The number of nitrogens with zero attached hydrogens (tertiary/aromatic N) is 3. The van der Waals surface area contributed by atoms with Crippen LogP contribution >= 0.6 is 11.8 Å². The van der Waals surface area contributed by atoms with Gasteiger partial charge in [0.1, 0.15) is 5.75 Å². The molecule has 0 unspecified atom stereocenters. The highest BCUT2D eigenvalue weighted by Gasteiger charge is 2.24. The lowest BCUT2D eigenvalue weighted by Gasteiger charge is -2.25. The minimum Gasteiger partial charge on any atom is -0.497 e. The number of rotatable bonds is 7. The smallest absolute Gasteiger partial charge is 0.234 e. The minimum atomic E-state index is -1.62. The molecule has 1 fully saturated rings. The van der Waals surface area contributed by atoms with Crippen molar-refractivity contribution in [2.45, 2.75) is 43.3 Å². The molecular formula is C23H23F3N4O2S. The molecule has 1 amide bonds. The first kappa shape index (κ1) is 23.2. The molecular weight excluding hydrogens is 453 g/mol. The van der Waals surface area contributed by atoms with E-state index in [1.807, 2.05) is 24.3 Å². The second kappa shape index (κ2) is 10.3. The zero-order chi connectivity index (χ0) is 23.4. The molecule has 1 aliphatic carbocycles. The third-order valence-electron chi connectivity index (χ3n) is 5.59. The molecule has 10 heteroatoms. The first-order valence-electron chi connectivity index (χ1n) is 10.6. The molecule has 0 radical (unpaired) electrons. The van der Waals surface area contributed by atoms with Gasteiger partial charge in [-0.15, -0.1) is 10.2 Å². The molecule has 2 aromatic carbocycles. The van der Waals surface area contributed by atoms with Crippen molar-refractivity contribution < 1.29 is 22.7 Å². The van der Waals surface area contributed by atoms with E-state index >= 15 is 0 Å². The van der Waals surface area contributed by atoms with Gasteiger partial charge in [-0.3, -0.25) is 9.36 Å². The van der Waals surface area contributed by atoms with Crippen molar-refractivity contribution in [1.82, 2.24) is 14.8 Å². The first-order valence-corrected chi connectivity index (χ1v) is 11.6. The molecule has 33 heavy (non-hydrogen) atoms. The third kappa shape index (κ3) is 5.16. The zero-order valence-electron chi connectivity index (χ0n) is 18.0. The van der Waals surface area contributed by atoms with Gasteiger partial charge < -0.3 is 10.1 Å². The fourth-order valence-corrected chi connectivity index (χ4v) is 4.73. The van der Waals surface area contributed by atoms with Crippen molar-refractivity contribution in [1.29, 1.82) is 0 Å². The average molecular weight is 477 g/mol. The minimum absolute atomic E-state index is 0.0914. The average Bonchev–Trinajstić information content (AvgIpc) is 3.27. The Morgan fingerprint density at radius 1 is 1.06 bits per heavy atom. The summed E-state index contributed by atoms with van der Waals surface area (Å²) in [6, 6.07) is 9.49. The quantitative estimate of drug-likeness (QED) is 0.355. The standard InChI is InChI=1S/C23H23F3N4O2S/c1-32-16-9-7-14(8-10-16)22-28-29-23(30(22)15-5-3-2-4-6-15)33-13-19(31)27-18-12-11-17(24)20(25)21(18)26/h7-12,15H,2-6,13H2,1H3,(H,27,31). The molecule has 6 nitrogen and oxygen atoms in total. The van der Waals surface area contributed by atoms with Crippen LogP contribution in [-0.2, 0) is 4.79 Å². The summed E-state index contributed by atoms with van der Waals surface area (Å²) in [5.41, 5.74) is 0.473. The van der Waals surface area contributed by atoms with Gasteiger partial charge in [0.2, 0.25) is 5.91 Å². The molecule has 1 saturated carbocycles. The summed E-state index contributed by atoms with van der Waals surface area (Å²) in [6.45, 7) is 0. The predicted molar refractivity (Wildman–Crippen MR) is 120 cm³/mol. The Bertz CT molecular complexity index is 1130. The lowest BCUT2D eigenvalue weighted by molar-refractivity contribution is -0.113. The summed E-state index contributed by atoms with van der Waals surface area (Å²) in [5, 5.41) is 11.6. The Morgan fingerprint density at radius 3 is 2.48 bits per heavy atom. The second-order valence-electron chi connectivity index (χ2n) is 7.76. The van der Waals surface area contributed by atoms with Gasteiger partial charge in [0.25, 0.3) is 0 Å². The fourth-order valence-electron chi connectivity index (χ4n) is 3.92. The van der Waals surface area contributed by atoms with Crippen LogP contribution < -0.4 is 10.1 Å². The highest BCUT2D eigenvalue weighted by Crippen LogP contribution is 2.36. The Labute approximate surface area is 193 Å². The maximum atomic E-state index is 13.9. The number of halogens is 3.